The fourth-order valence-electron chi connectivity index (χ4n) is 1.56. The lowest BCUT2D eigenvalue weighted by Crippen LogP contribution is -2.33. The first-order valence-corrected chi connectivity index (χ1v) is 4.02. The van der Waals surface area contributed by atoms with Crippen molar-refractivity contribution in [2.24, 2.45) is 0 Å². The highest BCUT2D eigenvalue weighted by Crippen LogP contribution is 2.31. The Hall–Kier alpha value is -1.55. The number of para-hydroxylation sites is 1. The molecule has 1 aliphatic rings. The summed E-state index contributed by atoms with van der Waals surface area (Å²) >= 11 is 0. The molecule has 0 bridgehead atoms. The van der Waals surface area contributed by atoms with Gasteiger partial charge < -0.3 is 10.1 Å². The van der Waals surface area contributed by atoms with Crippen LogP contribution in [-0.4, -0.2) is 18.1 Å². The van der Waals surface area contributed by atoms with Crippen molar-refractivity contribution in [3.05, 3.63) is 29.8 Å². The molecule has 1 heterocycles. The Kier molecular flexibility index (Phi) is 1.70. The molecule has 1 atom stereocenters. The highest BCUT2D eigenvalue weighted by molar-refractivity contribution is 5.81. The lowest BCUT2D eigenvalue weighted by atomic mass is 10.1. The van der Waals surface area contributed by atoms with Crippen LogP contribution in [0.4, 0.5) is 5.69 Å². The van der Waals surface area contributed by atoms with Crippen LogP contribution < -0.4 is 10.4 Å². The summed E-state index contributed by atoms with van der Waals surface area (Å²) in [6.07, 6.45) is 0. The van der Waals surface area contributed by atoms with Gasteiger partial charge in [-0.1, -0.05) is 18.2 Å². The molecule has 0 saturated carbocycles. The minimum absolute atomic E-state index is 0.610. The van der Waals surface area contributed by atoms with Crippen molar-refractivity contribution >= 4 is 11.7 Å². The molecule has 0 radical (unpaired) electrons. The van der Waals surface area contributed by atoms with Crippen molar-refractivity contribution in [3.63, 3.8) is 0 Å². The maximum absolute atomic E-state index is 10.8. The van der Waals surface area contributed by atoms with Gasteiger partial charge in [0, 0.05) is 12.6 Å². The number of nitrogens with one attached hydrogen (secondary N) is 1. The lowest BCUT2D eigenvalue weighted by Gasteiger charge is -2.12. The molecule has 1 unspecified atom stereocenters. The summed E-state index contributed by atoms with van der Waals surface area (Å²) in [4.78, 5) is 10.8. The average Bonchev–Trinajstić information content (AvgIpc) is 2.45. The number of rotatable bonds is 1. The number of benzene rings is 1. The summed E-state index contributed by atoms with van der Waals surface area (Å²) in [5, 5.41) is 10.6. The molecule has 0 fully saturated rings. The largest absolute Gasteiger partial charge is 0.480 e. The third kappa shape index (κ3) is 1.15. The molecule has 2 rings (SSSR count). The van der Waals surface area contributed by atoms with E-state index in [0.29, 0.717) is 0 Å². The van der Waals surface area contributed by atoms with E-state index in [1.54, 1.807) is 5.01 Å². The molecule has 0 spiro atoms. The smallest absolute Gasteiger partial charge is 0.327 e. The van der Waals surface area contributed by atoms with Crippen LogP contribution in [0.5, 0.6) is 0 Å². The molecule has 0 aromatic heterocycles. The van der Waals surface area contributed by atoms with Gasteiger partial charge in [0.05, 0.1) is 5.69 Å². The van der Waals surface area contributed by atoms with Gasteiger partial charge in [0.1, 0.15) is 0 Å². The number of fused-ring (bicyclic) bond motifs is 1. The van der Waals surface area contributed by atoms with E-state index >= 15 is 0 Å². The van der Waals surface area contributed by atoms with Gasteiger partial charge in [0.15, 0.2) is 6.04 Å². The molecule has 0 amide bonds. The molecule has 1 aliphatic heterocycles. The number of carbonyl (C=O) groups is 1. The molecule has 1 aromatic carbocycles. The normalized spacial score (nSPS) is 20.1. The maximum atomic E-state index is 10.8. The number of hydrogen-bond donors (Lipinski definition) is 2. The van der Waals surface area contributed by atoms with Crippen molar-refractivity contribution in [1.82, 2.24) is 5.43 Å². The van der Waals surface area contributed by atoms with Gasteiger partial charge in [-0.15, -0.1) is 0 Å². The van der Waals surface area contributed by atoms with Crippen LogP contribution in [-0.2, 0) is 4.79 Å². The molecular weight excluding hydrogens is 168 g/mol. The standard InChI is InChI=1S/C9H10N2O2/c1-11-7-5-3-2-4-6(7)8(10-11)9(12)13/h2-5,8,10H,1H3,(H,12,13). The zero-order chi connectivity index (χ0) is 9.42. The highest BCUT2D eigenvalue weighted by atomic mass is 16.4. The maximum Gasteiger partial charge on any atom is 0.327 e. The summed E-state index contributed by atoms with van der Waals surface area (Å²) in [5.41, 5.74) is 4.60. The Balaban J connectivity index is 2.47. The monoisotopic (exact) mass is 178 g/mol. The Morgan fingerprint density at radius 3 is 2.92 bits per heavy atom. The van der Waals surface area contributed by atoms with Crippen LogP contribution in [0.2, 0.25) is 0 Å². The van der Waals surface area contributed by atoms with Gasteiger partial charge in [0.2, 0.25) is 0 Å². The van der Waals surface area contributed by atoms with E-state index in [9.17, 15) is 4.79 Å². The fraction of sp³-hybridized carbons (Fsp3) is 0.222. The van der Waals surface area contributed by atoms with E-state index in [4.69, 9.17) is 5.11 Å². The van der Waals surface area contributed by atoms with Crippen LogP contribution in [0.25, 0.3) is 0 Å². The topological polar surface area (TPSA) is 52.6 Å². The average molecular weight is 178 g/mol. The molecule has 1 aromatic rings. The van der Waals surface area contributed by atoms with Crippen molar-refractivity contribution < 1.29 is 9.90 Å². The van der Waals surface area contributed by atoms with Gasteiger partial charge >= 0.3 is 5.97 Å². The van der Waals surface area contributed by atoms with Gasteiger partial charge in [-0.3, -0.25) is 4.79 Å². The van der Waals surface area contributed by atoms with E-state index in [2.05, 4.69) is 5.43 Å². The van der Waals surface area contributed by atoms with Gasteiger partial charge in [-0.2, -0.15) is 0 Å². The number of hydrazine groups is 1. The van der Waals surface area contributed by atoms with E-state index < -0.39 is 12.0 Å². The van der Waals surface area contributed by atoms with Gasteiger partial charge in [-0.05, 0) is 6.07 Å². The quantitative estimate of drug-likeness (QED) is 0.666. The van der Waals surface area contributed by atoms with Crippen molar-refractivity contribution in [3.8, 4) is 0 Å². The number of aliphatic carboxylic acids is 1. The van der Waals surface area contributed by atoms with E-state index in [1.807, 2.05) is 31.3 Å². The zero-order valence-electron chi connectivity index (χ0n) is 7.19. The summed E-state index contributed by atoms with van der Waals surface area (Å²) in [6, 6.07) is 6.84. The van der Waals surface area contributed by atoms with Crippen LogP contribution in [0.1, 0.15) is 11.6 Å². The Bertz CT molecular complexity index is 351. The number of carboxylic acid groups (broad SMARTS) is 1. The Morgan fingerprint density at radius 2 is 2.23 bits per heavy atom. The minimum Gasteiger partial charge on any atom is -0.480 e. The second-order valence-corrected chi connectivity index (χ2v) is 3.02. The third-order valence-electron chi connectivity index (χ3n) is 2.18. The number of anilines is 1. The predicted molar refractivity (Wildman–Crippen MR) is 48.4 cm³/mol. The molecule has 4 nitrogen and oxygen atoms in total. The van der Waals surface area contributed by atoms with E-state index in [-0.39, 0.29) is 0 Å². The summed E-state index contributed by atoms with van der Waals surface area (Å²) in [7, 11) is 1.81. The van der Waals surface area contributed by atoms with Crippen molar-refractivity contribution in [1.29, 1.82) is 0 Å². The molecule has 4 heteroatoms. The van der Waals surface area contributed by atoms with Crippen molar-refractivity contribution in [2.45, 2.75) is 6.04 Å². The highest BCUT2D eigenvalue weighted by Gasteiger charge is 2.30. The lowest BCUT2D eigenvalue weighted by molar-refractivity contribution is -0.139. The second kappa shape index (κ2) is 2.74. The zero-order valence-corrected chi connectivity index (χ0v) is 7.19. The van der Waals surface area contributed by atoms with Gasteiger partial charge in [-0.25, -0.2) is 5.43 Å². The molecule has 13 heavy (non-hydrogen) atoms. The van der Waals surface area contributed by atoms with Crippen LogP contribution in [0.3, 0.4) is 0 Å². The summed E-state index contributed by atoms with van der Waals surface area (Å²) in [5.74, 6) is -0.850. The Morgan fingerprint density at radius 1 is 1.54 bits per heavy atom. The van der Waals surface area contributed by atoms with Crippen molar-refractivity contribution in [2.75, 3.05) is 12.1 Å². The minimum atomic E-state index is -0.850. The predicted octanol–water partition coefficient (Wildman–Crippen LogP) is 0.767. The van der Waals surface area contributed by atoms with E-state index in [0.717, 1.165) is 11.3 Å². The molecule has 2 N–H and O–H groups in total. The SMILES string of the molecule is CN1NC(C(=O)O)c2ccccc21. The number of nitrogens with zero attached hydrogens (tertiary/aromatic N) is 1. The number of carboxylic acids is 1. The first-order chi connectivity index (χ1) is 6.20. The van der Waals surface area contributed by atoms with Crippen LogP contribution in [0, 0.1) is 0 Å². The first-order valence-electron chi connectivity index (χ1n) is 4.02. The first kappa shape index (κ1) is 8.07. The molecule has 0 saturated heterocycles. The van der Waals surface area contributed by atoms with Gasteiger partial charge in [0.25, 0.3) is 0 Å². The number of hydrogen-bond acceptors (Lipinski definition) is 3. The molecule has 0 aliphatic carbocycles. The van der Waals surface area contributed by atoms with E-state index in [1.165, 1.54) is 0 Å². The molecule has 68 valence electrons. The second-order valence-electron chi connectivity index (χ2n) is 3.02. The summed E-state index contributed by atoms with van der Waals surface area (Å²) < 4.78 is 0. The Labute approximate surface area is 75.8 Å². The summed E-state index contributed by atoms with van der Waals surface area (Å²) in [6.45, 7) is 0. The molecular formula is C9H10N2O2. The fourth-order valence-corrected chi connectivity index (χ4v) is 1.56. The third-order valence-corrected chi connectivity index (χ3v) is 2.18. The van der Waals surface area contributed by atoms with Crippen LogP contribution >= 0.6 is 0 Å². The van der Waals surface area contributed by atoms with Crippen LogP contribution in [0.15, 0.2) is 24.3 Å².